The van der Waals surface area contributed by atoms with E-state index < -0.39 is 0 Å². The molecule has 1 saturated heterocycles. The molecule has 0 spiro atoms. The maximum Gasteiger partial charge on any atom is 0.273 e. The Morgan fingerprint density at radius 2 is 2.25 bits per heavy atom. The van der Waals surface area contributed by atoms with Gasteiger partial charge in [-0.1, -0.05) is 5.16 Å². The van der Waals surface area contributed by atoms with Gasteiger partial charge in [-0.25, -0.2) is 0 Å². The van der Waals surface area contributed by atoms with Crippen molar-refractivity contribution < 1.29 is 14.4 Å². The molecule has 2 N–H and O–H groups in total. The van der Waals surface area contributed by atoms with Crippen molar-refractivity contribution in [2.75, 3.05) is 26.2 Å². The minimum atomic E-state index is -0.233. The smallest absolute Gasteiger partial charge is 0.273 e. The van der Waals surface area contributed by atoms with Crippen LogP contribution < -0.4 is 5.32 Å². The number of pyridine rings is 1. The van der Waals surface area contributed by atoms with Crippen LogP contribution in [0.1, 0.15) is 29.8 Å². The summed E-state index contributed by atoms with van der Waals surface area (Å²) in [5, 5.41) is 16.2. The van der Waals surface area contributed by atoms with Crippen LogP contribution >= 0.6 is 0 Å². The van der Waals surface area contributed by atoms with Crippen molar-refractivity contribution in [1.82, 2.24) is 20.4 Å². The van der Waals surface area contributed by atoms with Gasteiger partial charge in [-0.2, -0.15) is 0 Å². The summed E-state index contributed by atoms with van der Waals surface area (Å²) in [5.74, 6) is 0.295. The summed E-state index contributed by atoms with van der Waals surface area (Å²) < 4.78 is 5.20. The molecule has 0 bridgehead atoms. The predicted molar refractivity (Wildman–Crippen MR) is 88.4 cm³/mol. The lowest BCUT2D eigenvalue weighted by Crippen LogP contribution is -2.37. The second kappa shape index (κ2) is 8.03. The first-order valence-electron chi connectivity index (χ1n) is 8.28. The monoisotopic (exact) mass is 330 g/mol. The number of likely N-dealkylation sites (tertiary alicyclic amines) is 1. The SMILES string of the molecule is O=C(NCCCN1CCC(O)CC1)c1cc(-c2cccnc2)on1. The van der Waals surface area contributed by atoms with Gasteiger partial charge in [0.2, 0.25) is 0 Å². The number of nitrogens with one attached hydrogen (secondary N) is 1. The second-order valence-corrected chi connectivity index (χ2v) is 6.00. The summed E-state index contributed by atoms with van der Waals surface area (Å²) >= 11 is 0. The van der Waals surface area contributed by atoms with E-state index in [9.17, 15) is 9.90 Å². The van der Waals surface area contributed by atoms with Gasteiger partial charge in [-0.05, 0) is 37.9 Å². The van der Waals surface area contributed by atoms with E-state index in [0.29, 0.717) is 12.3 Å². The number of amides is 1. The van der Waals surface area contributed by atoms with Crippen LogP contribution in [-0.2, 0) is 0 Å². The molecule has 1 aliphatic heterocycles. The molecule has 7 heteroatoms. The molecular formula is C17H22N4O3. The molecule has 7 nitrogen and oxygen atoms in total. The van der Waals surface area contributed by atoms with Crippen molar-refractivity contribution in [2.45, 2.75) is 25.4 Å². The molecule has 3 heterocycles. The first-order chi connectivity index (χ1) is 11.7. The van der Waals surface area contributed by atoms with Crippen LogP contribution in [0.4, 0.5) is 0 Å². The fraction of sp³-hybridized carbons (Fsp3) is 0.471. The van der Waals surface area contributed by atoms with Crippen LogP contribution in [0.5, 0.6) is 0 Å². The highest BCUT2D eigenvalue weighted by molar-refractivity contribution is 5.93. The van der Waals surface area contributed by atoms with Gasteiger partial charge >= 0.3 is 0 Å². The predicted octanol–water partition coefficient (Wildman–Crippen LogP) is 1.31. The summed E-state index contributed by atoms with van der Waals surface area (Å²) in [6.07, 6.45) is 5.73. The average molecular weight is 330 g/mol. The third kappa shape index (κ3) is 4.39. The minimum absolute atomic E-state index is 0.151. The number of piperidine rings is 1. The van der Waals surface area contributed by atoms with Gasteiger partial charge in [-0.15, -0.1) is 0 Å². The van der Waals surface area contributed by atoms with Gasteiger partial charge in [0.25, 0.3) is 5.91 Å². The van der Waals surface area contributed by atoms with Crippen LogP contribution in [0.15, 0.2) is 35.1 Å². The van der Waals surface area contributed by atoms with E-state index in [1.165, 1.54) is 0 Å². The number of aromatic nitrogens is 2. The van der Waals surface area contributed by atoms with Crippen molar-refractivity contribution in [2.24, 2.45) is 0 Å². The topological polar surface area (TPSA) is 91.5 Å². The van der Waals surface area contributed by atoms with E-state index in [0.717, 1.165) is 44.5 Å². The quantitative estimate of drug-likeness (QED) is 0.776. The summed E-state index contributed by atoms with van der Waals surface area (Å²) in [7, 11) is 0. The van der Waals surface area contributed by atoms with E-state index in [1.807, 2.05) is 6.07 Å². The Labute approximate surface area is 140 Å². The van der Waals surface area contributed by atoms with Crippen LogP contribution in [0.3, 0.4) is 0 Å². The highest BCUT2D eigenvalue weighted by Crippen LogP contribution is 2.18. The minimum Gasteiger partial charge on any atom is -0.393 e. The van der Waals surface area contributed by atoms with Crippen molar-refractivity contribution >= 4 is 5.91 Å². The number of carbonyl (C=O) groups excluding carboxylic acids is 1. The maximum absolute atomic E-state index is 12.1. The molecule has 0 unspecified atom stereocenters. The van der Waals surface area contributed by atoms with Crippen molar-refractivity contribution in [3.63, 3.8) is 0 Å². The molecule has 24 heavy (non-hydrogen) atoms. The summed E-state index contributed by atoms with van der Waals surface area (Å²) in [6.45, 7) is 3.36. The third-order valence-electron chi connectivity index (χ3n) is 4.18. The van der Waals surface area contributed by atoms with Crippen LogP contribution in [-0.4, -0.2) is 58.3 Å². The maximum atomic E-state index is 12.1. The number of rotatable bonds is 6. The van der Waals surface area contributed by atoms with E-state index in [-0.39, 0.29) is 17.7 Å². The number of carbonyl (C=O) groups is 1. The molecule has 128 valence electrons. The molecule has 2 aromatic rings. The Balaban J connectivity index is 1.42. The molecule has 1 fully saturated rings. The van der Waals surface area contributed by atoms with E-state index in [4.69, 9.17) is 4.52 Å². The molecule has 0 aliphatic carbocycles. The first kappa shape index (κ1) is 16.6. The summed E-state index contributed by atoms with van der Waals surface area (Å²) in [4.78, 5) is 18.4. The molecule has 3 rings (SSSR count). The van der Waals surface area contributed by atoms with Gasteiger partial charge in [0.05, 0.1) is 6.10 Å². The Morgan fingerprint density at radius 1 is 1.42 bits per heavy atom. The van der Waals surface area contributed by atoms with Gasteiger partial charge in [0.1, 0.15) is 0 Å². The van der Waals surface area contributed by atoms with E-state index in [1.54, 1.807) is 24.5 Å². The Kier molecular flexibility index (Phi) is 5.55. The standard InChI is InChI=1S/C17H22N4O3/c22-14-4-9-21(10-5-14)8-2-7-19-17(23)15-11-16(24-20-15)13-3-1-6-18-12-13/h1,3,6,11-12,14,22H,2,4-5,7-10H2,(H,19,23). The lowest BCUT2D eigenvalue weighted by atomic mass is 10.1. The highest BCUT2D eigenvalue weighted by atomic mass is 16.5. The van der Waals surface area contributed by atoms with Gasteiger partial charge in [0.15, 0.2) is 11.5 Å². The largest absolute Gasteiger partial charge is 0.393 e. The molecule has 1 amide bonds. The lowest BCUT2D eigenvalue weighted by molar-refractivity contribution is 0.0816. The van der Waals surface area contributed by atoms with Gasteiger partial charge in [0, 0.05) is 43.7 Å². The average Bonchev–Trinajstić information content (AvgIpc) is 3.11. The highest BCUT2D eigenvalue weighted by Gasteiger charge is 2.17. The lowest BCUT2D eigenvalue weighted by Gasteiger charge is -2.29. The van der Waals surface area contributed by atoms with E-state index >= 15 is 0 Å². The summed E-state index contributed by atoms with van der Waals surface area (Å²) in [5.41, 5.74) is 1.06. The first-order valence-corrected chi connectivity index (χ1v) is 8.28. The van der Waals surface area contributed by atoms with Crippen molar-refractivity contribution in [3.05, 3.63) is 36.3 Å². The Morgan fingerprint density at radius 3 is 3.00 bits per heavy atom. The molecule has 0 saturated carbocycles. The molecule has 0 aromatic carbocycles. The number of hydrogen-bond donors (Lipinski definition) is 2. The molecule has 0 radical (unpaired) electrons. The van der Waals surface area contributed by atoms with Crippen molar-refractivity contribution in [1.29, 1.82) is 0 Å². The van der Waals surface area contributed by atoms with Gasteiger partial charge in [-0.3, -0.25) is 9.78 Å². The molecule has 2 aromatic heterocycles. The number of aliphatic hydroxyl groups excluding tert-OH is 1. The fourth-order valence-electron chi connectivity index (χ4n) is 2.76. The fourth-order valence-corrected chi connectivity index (χ4v) is 2.76. The zero-order valence-corrected chi connectivity index (χ0v) is 13.5. The van der Waals surface area contributed by atoms with Gasteiger partial charge < -0.3 is 19.8 Å². The Hall–Kier alpha value is -2.25. The zero-order chi connectivity index (χ0) is 16.8. The van der Waals surface area contributed by atoms with E-state index in [2.05, 4.69) is 20.4 Å². The number of hydrogen-bond acceptors (Lipinski definition) is 6. The van der Waals surface area contributed by atoms with Crippen LogP contribution in [0.2, 0.25) is 0 Å². The Bertz CT molecular complexity index is 651. The normalized spacial score (nSPS) is 16.2. The number of aliphatic hydroxyl groups is 1. The summed E-state index contributed by atoms with van der Waals surface area (Å²) in [6, 6.07) is 5.28. The number of nitrogens with zero attached hydrogens (tertiary/aromatic N) is 3. The van der Waals surface area contributed by atoms with Crippen molar-refractivity contribution in [3.8, 4) is 11.3 Å². The zero-order valence-electron chi connectivity index (χ0n) is 13.5. The molecule has 0 atom stereocenters. The molecular weight excluding hydrogens is 308 g/mol. The van der Waals surface area contributed by atoms with Crippen LogP contribution in [0.25, 0.3) is 11.3 Å². The second-order valence-electron chi connectivity index (χ2n) is 6.00. The van der Waals surface area contributed by atoms with Crippen LogP contribution in [0, 0.1) is 0 Å². The molecule has 1 aliphatic rings. The third-order valence-corrected chi connectivity index (χ3v) is 4.18.